The lowest BCUT2D eigenvalue weighted by molar-refractivity contribution is 0.576. The zero-order valence-corrected chi connectivity index (χ0v) is 12.0. The fraction of sp³-hybridized carbons (Fsp3) is 0.222. The Balaban J connectivity index is 1.77. The topological polar surface area (TPSA) is 17.0 Å². The van der Waals surface area contributed by atoms with Crippen LogP contribution < -0.4 is 5.32 Å². The Kier molecular flexibility index (Phi) is 3.57. The van der Waals surface area contributed by atoms with Gasteiger partial charge in [0.2, 0.25) is 0 Å². The number of hydrogen-bond donors (Lipinski definition) is 1. The van der Waals surface area contributed by atoms with Crippen LogP contribution in [0.1, 0.15) is 24.1 Å². The van der Waals surface area contributed by atoms with Crippen LogP contribution >= 0.6 is 0 Å². The molecule has 20 heavy (non-hydrogen) atoms. The Labute approximate surface area is 120 Å². The molecule has 1 atom stereocenters. The Morgan fingerprint density at radius 3 is 2.50 bits per heavy atom. The van der Waals surface area contributed by atoms with Gasteiger partial charge in [-0.2, -0.15) is 0 Å². The van der Waals surface area contributed by atoms with E-state index in [9.17, 15) is 0 Å². The van der Waals surface area contributed by atoms with Gasteiger partial charge in [0.15, 0.2) is 0 Å². The van der Waals surface area contributed by atoms with Gasteiger partial charge in [0.1, 0.15) is 0 Å². The maximum Gasteiger partial charge on any atom is 0.0481 e. The third-order valence-electron chi connectivity index (χ3n) is 3.88. The summed E-state index contributed by atoms with van der Waals surface area (Å²) in [5.74, 6) is 0. The standard InChI is InChI=1S/C18H20N2/c1-14(15-8-4-3-5-9-15)19-12-16-13-20(2)18-11-7-6-10-17(16)18/h3-11,13-14,19H,12H2,1-2H3/t14-/m1/s1. The summed E-state index contributed by atoms with van der Waals surface area (Å²) in [6.07, 6.45) is 2.22. The van der Waals surface area contributed by atoms with E-state index in [0.29, 0.717) is 6.04 Å². The Morgan fingerprint density at radius 1 is 1.00 bits per heavy atom. The monoisotopic (exact) mass is 264 g/mol. The number of para-hydroxylation sites is 1. The largest absolute Gasteiger partial charge is 0.350 e. The first-order valence-electron chi connectivity index (χ1n) is 7.07. The van der Waals surface area contributed by atoms with Crippen LogP contribution in [0.3, 0.4) is 0 Å². The Morgan fingerprint density at radius 2 is 1.70 bits per heavy atom. The van der Waals surface area contributed by atoms with Gasteiger partial charge in [-0.05, 0) is 24.1 Å². The van der Waals surface area contributed by atoms with Crippen molar-refractivity contribution in [2.24, 2.45) is 7.05 Å². The van der Waals surface area contributed by atoms with Crippen molar-refractivity contribution in [3.8, 4) is 0 Å². The number of nitrogens with zero attached hydrogens (tertiary/aromatic N) is 1. The van der Waals surface area contributed by atoms with Crippen LogP contribution in [0.15, 0.2) is 60.8 Å². The van der Waals surface area contributed by atoms with Gasteiger partial charge in [-0.1, -0.05) is 48.5 Å². The molecule has 0 aliphatic carbocycles. The number of rotatable bonds is 4. The Bertz CT molecular complexity index is 698. The maximum absolute atomic E-state index is 3.61. The molecule has 0 saturated carbocycles. The summed E-state index contributed by atoms with van der Waals surface area (Å²) in [5, 5.41) is 4.94. The molecule has 3 rings (SSSR count). The van der Waals surface area contributed by atoms with Gasteiger partial charge >= 0.3 is 0 Å². The summed E-state index contributed by atoms with van der Waals surface area (Å²) in [6, 6.07) is 19.5. The highest BCUT2D eigenvalue weighted by molar-refractivity contribution is 5.83. The molecule has 0 spiro atoms. The number of hydrogen-bond acceptors (Lipinski definition) is 1. The van der Waals surface area contributed by atoms with Gasteiger partial charge in [0, 0.05) is 36.7 Å². The molecule has 0 bridgehead atoms. The lowest BCUT2D eigenvalue weighted by Gasteiger charge is -2.13. The molecule has 3 aromatic rings. The number of nitrogens with one attached hydrogen (secondary N) is 1. The molecule has 0 aliphatic rings. The van der Waals surface area contributed by atoms with E-state index in [1.807, 2.05) is 0 Å². The highest BCUT2D eigenvalue weighted by Gasteiger charge is 2.08. The van der Waals surface area contributed by atoms with Crippen LogP contribution in [0, 0.1) is 0 Å². The first kappa shape index (κ1) is 12.9. The predicted octanol–water partition coefficient (Wildman–Crippen LogP) is 4.03. The van der Waals surface area contributed by atoms with E-state index in [4.69, 9.17) is 0 Å². The second-order valence-corrected chi connectivity index (χ2v) is 5.30. The minimum atomic E-state index is 0.357. The van der Waals surface area contributed by atoms with E-state index in [-0.39, 0.29) is 0 Å². The lowest BCUT2D eigenvalue weighted by atomic mass is 10.1. The molecule has 0 aliphatic heterocycles. The fourth-order valence-corrected chi connectivity index (χ4v) is 2.69. The summed E-state index contributed by atoms with van der Waals surface area (Å²) in [5.41, 5.74) is 3.97. The van der Waals surface area contributed by atoms with Gasteiger partial charge < -0.3 is 9.88 Å². The van der Waals surface area contributed by atoms with Crippen LogP contribution in [0.5, 0.6) is 0 Å². The van der Waals surface area contributed by atoms with Crippen molar-refractivity contribution >= 4 is 10.9 Å². The molecule has 2 heteroatoms. The fourth-order valence-electron chi connectivity index (χ4n) is 2.69. The lowest BCUT2D eigenvalue weighted by Crippen LogP contribution is -2.17. The number of aryl methyl sites for hydroxylation is 1. The normalized spacial score (nSPS) is 12.7. The summed E-state index contributed by atoms with van der Waals surface area (Å²) < 4.78 is 2.19. The van der Waals surface area contributed by atoms with Gasteiger partial charge in [0.05, 0.1) is 0 Å². The highest BCUT2D eigenvalue weighted by atomic mass is 14.9. The molecule has 102 valence electrons. The maximum atomic E-state index is 3.61. The average Bonchev–Trinajstić information content (AvgIpc) is 2.83. The molecule has 1 heterocycles. The van der Waals surface area contributed by atoms with Gasteiger partial charge in [-0.3, -0.25) is 0 Å². The van der Waals surface area contributed by atoms with Gasteiger partial charge in [-0.25, -0.2) is 0 Å². The van der Waals surface area contributed by atoms with E-state index in [2.05, 4.69) is 84.6 Å². The molecule has 2 aromatic carbocycles. The van der Waals surface area contributed by atoms with Gasteiger partial charge in [-0.15, -0.1) is 0 Å². The van der Waals surface area contributed by atoms with Crippen molar-refractivity contribution in [3.63, 3.8) is 0 Å². The first-order valence-corrected chi connectivity index (χ1v) is 7.07. The molecular weight excluding hydrogens is 244 g/mol. The van der Waals surface area contributed by atoms with Crippen molar-refractivity contribution in [2.45, 2.75) is 19.5 Å². The molecule has 1 aromatic heterocycles. The molecule has 1 N–H and O–H groups in total. The van der Waals surface area contributed by atoms with Crippen LogP contribution in [-0.2, 0) is 13.6 Å². The summed E-state index contributed by atoms with van der Waals surface area (Å²) >= 11 is 0. The summed E-state index contributed by atoms with van der Waals surface area (Å²) in [6.45, 7) is 3.10. The smallest absolute Gasteiger partial charge is 0.0481 e. The molecule has 0 saturated heterocycles. The minimum absolute atomic E-state index is 0.357. The number of benzene rings is 2. The second kappa shape index (κ2) is 5.51. The summed E-state index contributed by atoms with van der Waals surface area (Å²) in [4.78, 5) is 0. The van der Waals surface area contributed by atoms with Crippen molar-refractivity contribution in [2.75, 3.05) is 0 Å². The number of aromatic nitrogens is 1. The van der Waals surface area contributed by atoms with Crippen LogP contribution in [0.25, 0.3) is 10.9 Å². The second-order valence-electron chi connectivity index (χ2n) is 5.30. The quantitative estimate of drug-likeness (QED) is 0.753. The molecule has 0 unspecified atom stereocenters. The average molecular weight is 264 g/mol. The van der Waals surface area contributed by atoms with Crippen molar-refractivity contribution < 1.29 is 0 Å². The van der Waals surface area contributed by atoms with Crippen molar-refractivity contribution in [1.29, 1.82) is 0 Å². The number of fused-ring (bicyclic) bond motifs is 1. The van der Waals surface area contributed by atoms with E-state index in [0.717, 1.165) is 6.54 Å². The molecule has 2 nitrogen and oxygen atoms in total. The molecule has 0 radical (unpaired) electrons. The van der Waals surface area contributed by atoms with Crippen LogP contribution in [0.2, 0.25) is 0 Å². The minimum Gasteiger partial charge on any atom is -0.350 e. The molecule has 0 fully saturated rings. The third kappa shape index (κ3) is 2.47. The van der Waals surface area contributed by atoms with Crippen LogP contribution in [-0.4, -0.2) is 4.57 Å². The SMILES string of the molecule is C[C@@H](NCc1cn(C)c2ccccc12)c1ccccc1. The van der Waals surface area contributed by atoms with Gasteiger partial charge in [0.25, 0.3) is 0 Å². The zero-order chi connectivity index (χ0) is 13.9. The predicted molar refractivity (Wildman–Crippen MR) is 84.6 cm³/mol. The van der Waals surface area contributed by atoms with E-state index >= 15 is 0 Å². The zero-order valence-electron chi connectivity index (χ0n) is 12.0. The first-order chi connectivity index (χ1) is 9.75. The Hall–Kier alpha value is -2.06. The van der Waals surface area contributed by atoms with Crippen molar-refractivity contribution in [3.05, 3.63) is 71.9 Å². The third-order valence-corrected chi connectivity index (χ3v) is 3.88. The van der Waals surface area contributed by atoms with Crippen LogP contribution in [0.4, 0.5) is 0 Å². The van der Waals surface area contributed by atoms with E-state index in [1.54, 1.807) is 0 Å². The molecular formula is C18H20N2. The summed E-state index contributed by atoms with van der Waals surface area (Å²) in [7, 11) is 2.10. The van der Waals surface area contributed by atoms with E-state index < -0.39 is 0 Å². The van der Waals surface area contributed by atoms with Crippen molar-refractivity contribution in [1.82, 2.24) is 9.88 Å². The molecule has 0 amide bonds. The highest BCUT2D eigenvalue weighted by Crippen LogP contribution is 2.21. The van der Waals surface area contributed by atoms with E-state index in [1.165, 1.54) is 22.0 Å².